The Bertz CT molecular complexity index is 579. The van der Waals surface area contributed by atoms with Crippen LogP contribution in [0.5, 0.6) is 5.75 Å². The molecule has 0 aliphatic heterocycles. The summed E-state index contributed by atoms with van der Waals surface area (Å²) in [7, 11) is 3.59. The Morgan fingerprint density at radius 3 is 2.20 bits per heavy atom. The molecular formula is C15H16N2O3. The fraction of sp³-hybridized carbons (Fsp3) is 0.200. The van der Waals surface area contributed by atoms with Crippen molar-refractivity contribution in [3.63, 3.8) is 0 Å². The Kier molecular flexibility index (Phi) is 4.20. The van der Waals surface area contributed by atoms with Crippen molar-refractivity contribution in [3.8, 4) is 5.75 Å². The Balaban J connectivity index is 2.06. The number of nitro benzene ring substituents is 1. The molecule has 0 bridgehead atoms. The summed E-state index contributed by atoms with van der Waals surface area (Å²) in [5.74, 6) is 0.826. The van der Waals surface area contributed by atoms with Crippen LogP contribution in [0.1, 0.15) is 5.56 Å². The van der Waals surface area contributed by atoms with Crippen molar-refractivity contribution >= 4 is 11.4 Å². The number of benzene rings is 2. The number of methoxy groups -OCH3 is 1. The third-order valence-corrected chi connectivity index (χ3v) is 3.08. The monoisotopic (exact) mass is 272 g/mol. The average Bonchev–Trinajstić information content (AvgIpc) is 2.48. The number of rotatable bonds is 5. The molecule has 0 saturated carbocycles. The molecule has 0 heterocycles. The van der Waals surface area contributed by atoms with Gasteiger partial charge >= 0.3 is 0 Å². The fourth-order valence-electron chi connectivity index (χ4n) is 1.92. The number of anilines is 1. The van der Waals surface area contributed by atoms with E-state index < -0.39 is 4.92 Å². The second-order valence-corrected chi connectivity index (χ2v) is 4.48. The van der Waals surface area contributed by atoms with Crippen molar-refractivity contribution in [1.29, 1.82) is 0 Å². The maximum absolute atomic E-state index is 10.6. The number of non-ortho nitro benzene ring substituents is 1. The van der Waals surface area contributed by atoms with Crippen LogP contribution < -0.4 is 9.64 Å². The number of nitrogens with zero attached hydrogens (tertiary/aromatic N) is 2. The van der Waals surface area contributed by atoms with E-state index in [1.54, 1.807) is 19.2 Å². The second-order valence-electron chi connectivity index (χ2n) is 4.48. The number of nitro groups is 1. The smallest absolute Gasteiger partial charge is 0.269 e. The first-order valence-corrected chi connectivity index (χ1v) is 6.18. The largest absolute Gasteiger partial charge is 0.497 e. The van der Waals surface area contributed by atoms with Gasteiger partial charge in [-0.05, 0) is 29.8 Å². The summed E-state index contributed by atoms with van der Waals surface area (Å²) in [5, 5.41) is 10.6. The highest BCUT2D eigenvalue weighted by molar-refractivity contribution is 5.50. The van der Waals surface area contributed by atoms with Crippen LogP contribution in [-0.4, -0.2) is 19.1 Å². The fourth-order valence-corrected chi connectivity index (χ4v) is 1.92. The second kappa shape index (κ2) is 6.06. The molecular weight excluding hydrogens is 256 g/mol. The third kappa shape index (κ3) is 3.26. The van der Waals surface area contributed by atoms with Crippen molar-refractivity contribution in [3.05, 3.63) is 64.2 Å². The summed E-state index contributed by atoms with van der Waals surface area (Å²) in [5.41, 5.74) is 2.18. The zero-order chi connectivity index (χ0) is 14.5. The first-order valence-electron chi connectivity index (χ1n) is 6.18. The first kappa shape index (κ1) is 13.9. The van der Waals surface area contributed by atoms with Crippen molar-refractivity contribution in [2.24, 2.45) is 0 Å². The number of hydrogen-bond acceptors (Lipinski definition) is 4. The van der Waals surface area contributed by atoms with Crippen LogP contribution >= 0.6 is 0 Å². The van der Waals surface area contributed by atoms with Crippen LogP contribution in [0.25, 0.3) is 0 Å². The van der Waals surface area contributed by atoms with Crippen LogP contribution in [0.2, 0.25) is 0 Å². The predicted octanol–water partition coefficient (Wildman–Crippen LogP) is 3.24. The van der Waals surface area contributed by atoms with Gasteiger partial charge in [0.15, 0.2) is 0 Å². The minimum absolute atomic E-state index is 0.103. The quantitative estimate of drug-likeness (QED) is 0.619. The lowest BCUT2D eigenvalue weighted by molar-refractivity contribution is -0.384. The van der Waals surface area contributed by atoms with E-state index in [1.807, 2.05) is 36.2 Å². The Morgan fingerprint density at radius 1 is 1.10 bits per heavy atom. The van der Waals surface area contributed by atoms with Gasteiger partial charge in [-0.15, -0.1) is 0 Å². The zero-order valence-electron chi connectivity index (χ0n) is 11.4. The van der Waals surface area contributed by atoms with Gasteiger partial charge in [-0.1, -0.05) is 12.1 Å². The molecule has 20 heavy (non-hydrogen) atoms. The van der Waals surface area contributed by atoms with Gasteiger partial charge in [0.1, 0.15) is 5.75 Å². The van der Waals surface area contributed by atoms with Crippen LogP contribution in [0.3, 0.4) is 0 Å². The van der Waals surface area contributed by atoms with E-state index in [-0.39, 0.29) is 5.69 Å². The molecule has 0 spiro atoms. The lowest BCUT2D eigenvalue weighted by Gasteiger charge is -2.19. The molecule has 0 atom stereocenters. The first-order chi connectivity index (χ1) is 9.60. The van der Waals surface area contributed by atoms with Crippen LogP contribution in [0, 0.1) is 10.1 Å². The molecule has 0 saturated heterocycles. The van der Waals surface area contributed by atoms with Crippen molar-refractivity contribution in [2.75, 3.05) is 19.1 Å². The zero-order valence-corrected chi connectivity index (χ0v) is 11.4. The van der Waals surface area contributed by atoms with Crippen molar-refractivity contribution in [2.45, 2.75) is 6.54 Å². The molecule has 0 amide bonds. The van der Waals surface area contributed by atoms with Gasteiger partial charge in [-0.25, -0.2) is 0 Å². The minimum Gasteiger partial charge on any atom is -0.497 e. The lowest BCUT2D eigenvalue weighted by atomic mass is 10.2. The van der Waals surface area contributed by atoms with Gasteiger partial charge in [0, 0.05) is 31.4 Å². The van der Waals surface area contributed by atoms with E-state index in [9.17, 15) is 10.1 Å². The summed E-state index contributed by atoms with van der Waals surface area (Å²) in [6, 6.07) is 14.4. The van der Waals surface area contributed by atoms with E-state index in [4.69, 9.17) is 4.74 Å². The molecule has 0 unspecified atom stereocenters. The molecule has 0 N–H and O–H groups in total. The molecule has 0 radical (unpaired) electrons. The maximum Gasteiger partial charge on any atom is 0.269 e. The minimum atomic E-state index is -0.396. The summed E-state index contributed by atoms with van der Waals surface area (Å²) in [6.07, 6.45) is 0. The van der Waals surface area contributed by atoms with Crippen molar-refractivity contribution < 1.29 is 9.66 Å². The topological polar surface area (TPSA) is 55.6 Å². The lowest BCUT2D eigenvalue weighted by Crippen LogP contribution is -2.16. The maximum atomic E-state index is 10.6. The molecule has 0 aromatic heterocycles. The summed E-state index contributed by atoms with van der Waals surface area (Å²) < 4.78 is 5.12. The molecule has 5 heteroatoms. The summed E-state index contributed by atoms with van der Waals surface area (Å²) >= 11 is 0. The van der Waals surface area contributed by atoms with Gasteiger partial charge in [0.25, 0.3) is 5.69 Å². The molecule has 0 aliphatic carbocycles. The van der Waals surface area contributed by atoms with Crippen LogP contribution in [-0.2, 0) is 6.54 Å². The van der Waals surface area contributed by atoms with Gasteiger partial charge in [-0.3, -0.25) is 10.1 Å². The van der Waals surface area contributed by atoms with Crippen molar-refractivity contribution in [1.82, 2.24) is 0 Å². The van der Waals surface area contributed by atoms with Gasteiger partial charge < -0.3 is 9.64 Å². The predicted molar refractivity (Wildman–Crippen MR) is 78.2 cm³/mol. The highest BCUT2D eigenvalue weighted by atomic mass is 16.6. The average molecular weight is 272 g/mol. The molecule has 0 aliphatic rings. The molecule has 2 rings (SSSR count). The van der Waals surface area contributed by atoms with Crippen LogP contribution in [0.4, 0.5) is 11.4 Å². The van der Waals surface area contributed by atoms with E-state index >= 15 is 0 Å². The molecule has 104 valence electrons. The van der Waals surface area contributed by atoms with Gasteiger partial charge in [-0.2, -0.15) is 0 Å². The Morgan fingerprint density at radius 2 is 1.70 bits per heavy atom. The molecule has 5 nitrogen and oxygen atoms in total. The highest BCUT2D eigenvalue weighted by Gasteiger charge is 2.07. The van der Waals surface area contributed by atoms with E-state index in [1.165, 1.54) is 12.1 Å². The third-order valence-electron chi connectivity index (χ3n) is 3.08. The highest BCUT2D eigenvalue weighted by Crippen LogP contribution is 2.20. The number of hydrogen-bond donors (Lipinski definition) is 0. The van der Waals surface area contributed by atoms with E-state index in [0.29, 0.717) is 0 Å². The van der Waals surface area contributed by atoms with Crippen LogP contribution in [0.15, 0.2) is 48.5 Å². The molecule has 0 fully saturated rings. The summed E-state index contributed by atoms with van der Waals surface area (Å²) in [4.78, 5) is 12.3. The Labute approximate surface area is 117 Å². The number of ether oxygens (including phenoxy) is 1. The molecule has 2 aromatic rings. The standard InChI is InChI=1S/C15H16N2O3/c1-16(11-12-3-9-15(20-2)10-4-12)13-5-7-14(8-6-13)17(18)19/h3-10H,11H2,1-2H3. The molecule has 2 aromatic carbocycles. The Hall–Kier alpha value is -2.56. The SMILES string of the molecule is COc1ccc(CN(C)c2ccc([N+](=O)[O-])cc2)cc1. The van der Waals surface area contributed by atoms with Gasteiger partial charge in [0.05, 0.1) is 12.0 Å². The summed E-state index contributed by atoms with van der Waals surface area (Å²) in [6.45, 7) is 0.724. The van der Waals surface area contributed by atoms with Gasteiger partial charge in [0.2, 0.25) is 0 Å². The van der Waals surface area contributed by atoms with E-state index in [2.05, 4.69) is 0 Å². The normalized spacial score (nSPS) is 10.1. The van der Waals surface area contributed by atoms with E-state index in [0.717, 1.165) is 23.5 Å².